The molecule has 2 aromatic rings. The molecule has 0 fully saturated rings. The van der Waals surface area contributed by atoms with E-state index in [4.69, 9.17) is 4.74 Å². The fourth-order valence-electron chi connectivity index (χ4n) is 2.42. The van der Waals surface area contributed by atoms with Crippen LogP contribution in [0.25, 0.3) is 11.1 Å². The van der Waals surface area contributed by atoms with Crippen molar-refractivity contribution in [1.29, 1.82) is 0 Å². The van der Waals surface area contributed by atoms with Crippen LogP contribution < -0.4 is 0 Å². The van der Waals surface area contributed by atoms with Gasteiger partial charge in [-0.1, -0.05) is 58.4 Å². The fraction of sp³-hybridized carbons (Fsp3) is 0.350. The number of carbonyl (C=O) groups excluding carboxylic acids is 1. The van der Waals surface area contributed by atoms with Gasteiger partial charge in [-0.2, -0.15) is 0 Å². The van der Waals surface area contributed by atoms with E-state index in [1.807, 2.05) is 30.3 Å². The number of ether oxygens (including phenoxy) is 1. The van der Waals surface area contributed by atoms with Gasteiger partial charge in [-0.3, -0.25) is 4.79 Å². The number of hydrogen-bond acceptors (Lipinski definition) is 2. The van der Waals surface area contributed by atoms with Gasteiger partial charge in [0.25, 0.3) is 0 Å². The molecule has 4 heteroatoms. The summed E-state index contributed by atoms with van der Waals surface area (Å²) in [6.45, 7) is 3.91. The van der Waals surface area contributed by atoms with E-state index in [-0.39, 0.29) is 11.8 Å². The van der Waals surface area contributed by atoms with Gasteiger partial charge in [0.05, 0.1) is 12.0 Å². The minimum atomic E-state index is -0.884. The molecule has 0 aliphatic carbocycles. The van der Waals surface area contributed by atoms with E-state index in [2.05, 4.69) is 15.9 Å². The van der Waals surface area contributed by atoms with Crippen LogP contribution in [0.5, 0.6) is 0 Å². The van der Waals surface area contributed by atoms with Crippen molar-refractivity contribution in [1.82, 2.24) is 0 Å². The van der Waals surface area contributed by atoms with E-state index in [0.717, 1.165) is 23.7 Å². The van der Waals surface area contributed by atoms with E-state index >= 15 is 0 Å². The molecule has 0 spiro atoms. The van der Waals surface area contributed by atoms with Gasteiger partial charge < -0.3 is 4.74 Å². The molecule has 0 unspecified atom stereocenters. The van der Waals surface area contributed by atoms with Crippen molar-refractivity contribution >= 4 is 21.9 Å². The van der Waals surface area contributed by atoms with Crippen molar-refractivity contribution in [3.63, 3.8) is 0 Å². The molecule has 2 rings (SSSR count). The van der Waals surface area contributed by atoms with Crippen LogP contribution in [0.2, 0.25) is 0 Å². The van der Waals surface area contributed by atoms with Crippen molar-refractivity contribution in [2.24, 2.45) is 0 Å². The van der Waals surface area contributed by atoms with E-state index in [1.165, 1.54) is 6.07 Å². The molecular formula is C20H22BrFO2. The highest BCUT2D eigenvalue weighted by Gasteiger charge is 2.32. The maximum atomic E-state index is 14.5. The van der Waals surface area contributed by atoms with Gasteiger partial charge in [0.15, 0.2) is 0 Å². The molecule has 0 saturated heterocycles. The Morgan fingerprint density at radius 2 is 1.83 bits per heavy atom. The van der Waals surface area contributed by atoms with Crippen LogP contribution >= 0.6 is 15.9 Å². The number of benzene rings is 2. The maximum Gasteiger partial charge on any atom is 0.315 e. The van der Waals surface area contributed by atoms with E-state index in [0.29, 0.717) is 17.7 Å². The molecule has 0 radical (unpaired) electrons. The number of hydrogen-bond donors (Lipinski definition) is 0. The highest BCUT2D eigenvalue weighted by atomic mass is 79.9. The zero-order chi connectivity index (χ0) is 17.6. The lowest BCUT2D eigenvalue weighted by Gasteiger charge is -2.23. The normalized spacial score (nSPS) is 11.3. The molecule has 0 aliphatic rings. The van der Waals surface area contributed by atoms with Crippen LogP contribution in [0.3, 0.4) is 0 Å². The average Bonchev–Trinajstić information content (AvgIpc) is 2.59. The van der Waals surface area contributed by atoms with E-state index in [9.17, 15) is 9.18 Å². The Labute approximate surface area is 151 Å². The predicted octanol–water partition coefficient (Wildman–Crippen LogP) is 5.49. The zero-order valence-corrected chi connectivity index (χ0v) is 15.6. The number of esters is 1. The summed E-state index contributed by atoms with van der Waals surface area (Å²) in [4.78, 5) is 12.3. The molecule has 0 saturated carbocycles. The van der Waals surface area contributed by atoms with Crippen LogP contribution in [0, 0.1) is 5.82 Å². The summed E-state index contributed by atoms with van der Waals surface area (Å²) < 4.78 is 19.9. The lowest BCUT2D eigenvalue weighted by atomic mass is 9.84. The summed E-state index contributed by atoms with van der Waals surface area (Å²) in [6, 6.07) is 14.3. The first-order valence-corrected chi connectivity index (χ1v) is 9.17. The Kier molecular flexibility index (Phi) is 6.55. The largest absolute Gasteiger partial charge is 0.465 e. The number of carbonyl (C=O) groups is 1. The van der Waals surface area contributed by atoms with Gasteiger partial charge in [0.1, 0.15) is 5.82 Å². The van der Waals surface area contributed by atoms with Crippen LogP contribution in [-0.4, -0.2) is 17.9 Å². The van der Waals surface area contributed by atoms with Crippen LogP contribution in [0.4, 0.5) is 4.39 Å². The summed E-state index contributed by atoms with van der Waals surface area (Å²) in [7, 11) is 0. The summed E-state index contributed by atoms with van der Waals surface area (Å²) in [5, 5.41) is 0.889. The molecule has 24 heavy (non-hydrogen) atoms. The molecule has 0 bridgehead atoms. The van der Waals surface area contributed by atoms with E-state index in [1.54, 1.807) is 26.0 Å². The Morgan fingerprint density at radius 1 is 1.12 bits per heavy atom. The summed E-state index contributed by atoms with van der Waals surface area (Å²) >= 11 is 3.34. The van der Waals surface area contributed by atoms with Crippen LogP contribution in [-0.2, 0) is 14.9 Å². The molecule has 0 aromatic heterocycles. The Hall–Kier alpha value is -1.68. The SMILES string of the molecule is CC(C)(C(=O)OCCCCBr)c1ccc(-c2ccccc2)c(F)c1. The van der Waals surface area contributed by atoms with Crippen molar-refractivity contribution in [2.45, 2.75) is 32.1 Å². The maximum absolute atomic E-state index is 14.5. The number of rotatable bonds is 7. The molecule has 0 aliphatic heterocycles. The van der Waals surface area contributed by atoms with Gasteiger partial charge in [-0.25, -0.2) is 4.39 Å². The Balaban J connectivity index is 2.16. The summed E-state index contributed by atoms with van der Waals surface area (Å²) in [6.07, 6.45) is 1.77. The first-order valence-electron chi connectivity index (χ1n) is 8.05. The summed E-state index contributed by atoms with van der Waals surface area (Å²) in [5.41, 5.74) is 1.08. The van der Waals surface area contributed by atoms with Crippen molar-refractivity contribution in [3.05, 3.63) is 59.9 Å². The third-order valence-electron chi connectivity index (χ3n) is 4.05. The molecule has 2 aromatic carbocycles. The third kappa shape index (κ3) is 4.44. The molecular weight excluding hydrogens is 371 g/mol. The molecule has 2 nitrogen and oxygen atoms in total. The molecule has 0 heterocycles. The lowest BCUT2D eigenvalue weighted by Crippen LogP contribution is -2.31. The van der Waals surface area contributed by atoms with Crippen molar-refractivity contribution < 1.29 is 13.9 Å². The predicted molar refractivity (Wildman–Crippen MR) is 98.8 cm³/mol. The smallest absolute Gasteiger partial charge is 0.315 e. The number of unbranched alkanes of at least 4 members (excludes halogenated alkanes) is 1. The highest BCUT2D eigenvalue weighted by molar-refractivity contribution is 9.09. The minimum Gasteiger partial charge on any atom is -0.465 e. The topological polar surface area (TPSA) is 26.3 Å². The zero-order valence-electron chi connectivity index (χ0n) is 14.0. The first-order chi connectivity index (χ1) is 11.5. The van der Waals surface area contributed by atoms with Crippen molar-refractivity contribution in [3.8, 4) is 11.1 Å². The van der Waals surface area contributed by atoms with Gasteiger partial charge >= 0.3 is 5.97 Å². The fourth-order valence-corrected chi connectivity index (χ4v) is 2.81. The second-order valence-corrected chi connectivity index (χ2v) is 7.01. The first kappa shape index (κ1) is 18.7. The van der Waals surface area contributed by atoms with Gasteiger partial charge in [-0.15, -0.1) is 0 Å². The second-order valence-electron chi connectivity index (χ2n) is 6.22. The molecule has 0 amide bonds. The highest BCUT2D eigenvalue weighted by Crippen LogP contribution is 2.30. The Bertz CT molecular complexity index is 683. The number of halogens is 2. The lowest BCUT2D eigenvalue weighted by molar-refractivity contribution is -0.149. The van der Waals surface area contributed by atoms with Gasteiger partial charge in [0, 0.05) is 10.9 Å². The van der Waals surface area contributed by atoms with Crippen molar-refractivity contribution in [2.75, 3.05) is 11.9 Å². The van der Waals surface area contributed by atoms with Gasteiger partial charge in [-0.05, 0) is 43.9 Å². The monoisotopic (exact) mass is 392 g/mol. The van der Waals surface area contributed by atoms with Crippen LogP contribution in [0.15, 0.2) is 48.5 Å². The van der Waals surface area contributed by atoms with Gasteiger partial charge in [0.2, 0.25) is 0 Å². The van der Waals surface area contributed by atoms with Crippen LogP contribution in [0.1, 0.15) is 32.3 Å². The molecule has 128 valence electrons. The second kappa shape index (κ2) is 8.43. The summed E-state index contributed by atoms with van der Waals surface area (Å²) in [5.74, 6) is -0.664. The number of alkyl halides is 1. The van der Waals surface area contributed by atoms with E-state index < -0.39 is 5.41 Å². The third-order valence-corrected chi connectivity index (χ3v) is 4.61. The molecule has 0 N–H and O–H groups in total. The standard InChI is InChI=1S/C20H22BrFO2/c1-20(2,19(23)24-13-7-6-12-21)16-10-11-17(18(22)14-16)15-8-4-3-5-9-15/h3-5,8-11,14H,6-7,12-13H2,1-2H3. The Morgan fingerprint density at radius 3 is 2.46 bits per heavy atom. The molecule has 0 atom stereocenters. The quantitative estimate of drug-likeness (QED) is 0.353. The average molecular weight is 393 g/mol. The minimum absolute atomic E-state index is 0.330.